The Hall–Kier alpha value is -1.81. The van der Waals surface area contributed by atoms with E-state index in [9.17, 15) is 13.6 Å². The highest BCUT2D eigenvalue weighted by Crippen LogP contribution is 2.17. The molecule has 0 spiro atoms. The van der Waals surface area contributed by atoms with Crippen LogP contribution < -0.4 is 0 Å². The summed E-state index contributed by atoms with van der Waals surface area (Å²) in [6.45, 7) is 0. The van der Waals surface area contributed by atoms with Crippen LogP contribution in [0.25, 0.3) is 0 Å². The number of halogens is 3. The van der Waals surface area contributed by atoms with Crippen LogP contribution in [0.3, 0.4) is 0 Å². The van der Waals surface area contributed by atoms with Gasteiger partial charge in [0.05, 0.1) is 5.02 Å². The molecular weight excluding hydrogens is 260 g/mol. The van der Waals surface area contributed by atoms with Crippen molar-refractivity contribution in [2.45, 2.75) is 6.42 Å². The molecule has 0 saturated carbocycles. The van der Waals surface area contributed by atoms with Crippen LogP contribution in [0.2, 0.25) is 5.02 Å². The maximum Gasteiger partial charge on any atom is 0.187 e. The molecule has 5 heteroatoms. The van der Waals surface area contributed by atoms with E-state index in [-0.39, 0.29) is 22.7 Å². The highest BCUT2D eigenvalue weighted by molar-refractivity contribution is 6.33. The Bertz CT molecular complexity index is 601. The minimum atomic E-state index is -0.628. The lowest BCUT2D eigenvalue weighted by Gasteiger charge is -2.04. The quantitative estimate of drug-likeness (QED) is 0.798. The molecule has 0 amide bonds. The molecule has 0 aliphatic rings. The lowest BCUT2D eigenvalue weighted by molar-refractivity contribution is 0.0987. The van der Waals surface area contributed by atoms with Gasteiger partial charge in [0.15, 0.2) is 5.78 Å². The molecule has 1 aromatic carbocycles. The van der Waals surface area contributed by atoms with E-state index in [0.717, 1.165) is 18.2 Å². The third kappa shape index (κ3) is 2.71. The summed E-state index contributed by atoms with van der Waals surface area (Å²) in [6, 6.07) is 6.07. The van der Waals surface area contributed by atoms with E-state index in [1.54, 1.807) is 6.07 Å². The summed E-state index contributed by atoms with van der Waals surface area (Å²) in [6.07, 6.45) is 1.14. The van der Waals surface area contributed by atoms with Gasteiger partial charge >= 0.3 is 0 Å². The van der Waals surface area contributed by atoms with Crippen LogP contribution in [0.15, 0.2) is 36.5 Å². The van der Waals surface area contributed by atoms with Gasteiger partial charge in [-0.05, 0) is 35.9 Å². The molecule has 0 radical (unpaired) electrons. The van der Waals surface area contributed by atoms with Crippen molar-refractivity contribution in [2.24, 2.45) is 0 Å². The number of pyridine rings is 1. The van der Waals surface area contributed by atoms with Crippen LogP contribution in [-0.4, -0.2) is 10.8 Å². The van der Waals surface area contributed by atoms with Crippen LogP contribution in [0.1, 0.15) is 16.1 Å². The van der Waals surface area contributed by atoms with Crippen LogP contribution in [-0.2, 0) is 6.42 Å². The molecule has 0 N–H and O–H groups in total. The maximum atomic E-state index is 13.4. The normalized spacial score (nSPS) is 10.4. The number of ketones is 1. The zero-order chi connectivity index (χ0) is 13.1. The molecule has 1 aromatic heterocycles. The minimum absolute atomic E-state index is 0.0123. The van der Waals surface area contributed by atoms with Crippen molar-refractivity contribution in [3.63, 3.8) is 0 Å². The fourth-order valence-corrected chi connectivity index (χ4v) is 1.75. The van der Waals surface area contributed by atoms with Crippen LogP contribution in [0.4, 0.5) is 8.78 Å². The Morgan fingerprint density at radius 1 is 1.28 bits per heavy atom. The van der Waals surface area contributed by atoms with Gasteiger partial charge in [-0.25, -0.2) is 8.78 Å². The summed E-state index contributed by atoms with van der Waals surface area (Å²) >= 11 is 5.81. The summed E-state index contributed by atoms with van der Waals surface area (Å²) in [5.74, 6) is -1.67. The molecule has 92 valence electrons. The van der Waals surface area contributed by atoms with E-state index in [1.165, 1.54) is 12.3 Å². The van der Waals surface area contributed by atoms with Crippen molar-refractivity contribution in [1.29, 1.82) is 0 Å². The summed E-state index contributed by atoms with van der Waals surface area (Å²) in [7, 11) is 0. The highest BCUT2D eigenvalue weighted by Gasteiger charge is 2.15. The fraction of sp³-hybridized carbons (Fsp3) is 0.0769. The van der Waals surface area contributed by atoms with Crippen molar-refractivity contribution in [1.82, 2.24) is 4.98 Å². The molecule has 0 aliphatic carbocycles. The van der Waals surface area contributed by atoms with E-state index in [1.807, 2.05) is 0 Å². The standard InChI is InChI=1S/C13H8ClF2NO/c14-10-2-1-5-17-13(10)12(18)7-8-6-9(15)3-4-11(8)16/h1-6H,7H2. The maximum absolute atomic E-state index is 13.4. The predicted octanol–water partition coefficient (Wildman–Crippen LogP) is 3.44. The molecule has 0 bridgehead atoms. The average molecular weight is 268 g/mol. The van der Waals surface area contributed by atoms with Gasteiger partial charge < -0.3 is 0 Å². The predicted molar refractivity (Wildman–Crippen MR) is 63.6 cm³/mol. The minimum Gasteiger partial charge on any atom is -0.292 e. The van der Waals surface area contributed by atoms with Gasteiger partial charge in [-0.15, -0.1) is 0 Å². The van der Waals surface area contributed by atoms with Gasteiger partial charge in [0.1, 0.15) is 17.3 Å². The van der Waals surface area contributed by atoms with Gasteiger partial charge in [-0.2, -0.15) is 0 Å². The molecule has 2 rings (SSSR count). The van der Waals surface area contributed by atoms with E-state index in [2.05, 4.69) is 4.98 Å². The molecular formula is C13H8ClF2NO. The summed E-state index contributed by atoms with van der Waals surface area (Å²) in [5.41, 5.74) is 0.0459. The Morgan fingerprint density at radius 3 is 2.78 bits per heavy atom. The number of benzene rings is 1. The first-order valence-electron chi connectivity index (χ1n) is 5.15. The molecule has 0 fully saturated rings. The van der Waals surface area contributed by atoms with Gasteiger partial charge in [-0.3, -0.25) is 9.78 Å². The highest BCUT2D eigenvalue weighted by atomic mass is 35.5. The smallest absolute Gasteiger partial charge is 0.187 e. The first-order valence-corrected chi connectivity index (χ1v) is 5.53. The molecule has 2 nitrogen and oxygen atoms in total. The van der Waals surface area contributed by atoms with E-state index in [4.69, 9.17) is 11.6 Å². The molecule has 0 unspecified atom stereocenters. The zero-order valence-electron chi connectivity index (χ0n) is 9.16. The number of hydrogen-bond acceptors (Lipinski definition) is 2. The number of Topliss-reactive ketones (excluding diaryl/α,β-unsaturated/α-hetero) is 1. The number of carbonyl (C=O) groups is 1. The summed E-state index contributed by atoms with van der Waals surface area (Å²) in [5, 5.41) is 0.194. The Kier molecular flexibility index (Phi) is 3.67. The number of carbonyl (C=O) groups excluding carboxylic acids is 1. The van der Waals surface area contributed by atoms with E-state index < -0.39 is 17.4 Å². The van der Waals surface area contributed by atoms with E-state index in [0.29, 0.717) is 0 Å². The third-order valence-electron chi connectivity index (χ3n) is 2.38. The van der Waals surface area contributed by atoms with Crippen LogP contribution in [0.5, 0.6) is 0 Å². The largest absolute Gasteiger partial charge is 0.292 e. The second-order valence-electron chi connectivity index (χ2n) is 3.67. The lowest BCUT2D eigenvalue weighted by Crippen LogP contribution is -2.08. The molecule has 18 heavy (non-hydrogen) atoms. The Balaban J connectivity index is 2.27. The van der Waals surface area contributed by atoms with Gasteiger partial charge in [-0.1, -0.05) is 11.6 Å². The Morgan fingerprint density at radius 2 is 2.06 bits per heavy atom. The molecule has 0 aliphatic heterocycles. The average Bonchev–Trinajstić information content (AvgIpc) is 2.34. The van der Waals surface area contributed by atoms with Crippen LogP contribution >= 0.6 is 11.6 Å². The number of nitrogens with zero attached hydrogens (tertiary/aromatic N) is 1. The van der Waals surface area contributed by atoms with Gasteiger partial charge in [0, 0.05) is 12.6 Å². The van der Waals surface area contributed by atoms with Crippen molar-refractivity contribution < 1.29 is 13.6 Å². The number of hydrogen-bond donors (Lipinski definition) is 0. The molecule has 0 saturated heterocycles. The fourth-order valence-electron chi connectivity index (χ4n) is 1.53. The van der Waals surface area contributed by atoms with Crippen molar-refractivity contribution in [3.05, 3.63) is 64.4 Å². The van der Waals surface area contributed by atoms with Gasteiger partial charge in [0.25, 0.3) is 0 Å². The zero-order valence-corrected chi connectivity index (χ0v) is 9.92. The molecule has 1 heterocycles. The van der Waals surface area contributed by atoms with Crippen molar-refractivity contribution in [3.8, 4) is 0 Å². The molecule has 2 aromatic rings. The van der Waals surface area contributed by atoms with Crippen molar-refractivity contribution in [2.75, 3.05) is 0 Å². The number of rotatable bonds is 3. The second-order valence-corrected chi connectivity index (χ2v) is 4.08. The molecule has 0 atom stereocenters. The third-order valence-corrected chi connectivity index (χ3v) is 2.69. The summed E-state index contributed by atoms with van der Waals surface area (Å²) in [4.78, 5) is 15.7. The van der Waals surface area contributed by atoms with Crippen LogP contribution in [0, 0.1) is 11.6 Å². The Labute approximate surface area is 107 Å². The topological polar surface area (TPSA) is 30.0 Å². The monoisotopic (exact) mass is 267 g/mol. The summed E-state index contributed by atoms with van der Waals surface area (Å²) < 4.78 is 26.3. The second kappa shape index (κ2) is 5.23. The first kappa shape index (κ1) is 12.6. The van der Waals surface area contributed by atoms with Gasteiger partial charge in [0.2, 0.25) is 0 Å². The number of aromatic nitrogens is 1. The van der Waals surface area contributed by atoms with Crippen molar-refractivity contribution >= 4 is 17.4 Å². The SMILES string of the molecule is O=C(Cc1cc(F)ccc1F)c1ncccc1Cl. The first-order chi connectivity index (χ1) is 8.58. The lowest BCUT2D eigenvalue weighted by atomic mass is 10.1. The van der Waals surface area contributed by atoms with E-state index >= 15 is 0 Å².